The Kier molecular flexibility index (Phi) is 14.7. The van der Waals surface area contributed by atoms with Crippen LogP contribution in [0.3, 0.4) is 0 Å². The van der Waals surface area contributed by atoms with Crippen LogP contribution in [0.1, 0.15) is 88.4 Å². The summed E-state index contributed by atoms with van der Waals surface area (Å²) in [6.07, 6.45) is 8.82. The highest BCUT2D eigenvalue weighted by molar-refractivity contribution is 6.20. The van der Waals surface area contributed by atoms with Crippen molar-refractivity contribution in [2.75, 3.05) is 20.2 Å². The number of aliphatic hydroxyl groups excluding tert-OH is 2. The maximum atomic E-state index is 14.7. The average Bonchev–Trinajstić information content (AvgIpc) is 3.90. The molecule has 5 N–H and O–H groups in total. The number of aromatic hydroxyl groups is 3. The predicted octanol–water partition coefficient (Wildman–Crippen LogP) is 6.19. The van der Waals surface area contributed by atoms with E-state index in [1.165, 1.54) is 53.2 Å². The number of Topliss-reactive ketones (excluding diaryl/α,β-unsaturated/α-hetero) is 1. The molecule has 7 rings (SSSR count). The topological polar surface area (TPSA) is 205 Å². The number of nitrogens with zero attached hydrogens (tertiary/aromatic N) is 2. The largest absolute Gasteiger partial charge is 0.507 e. The summed E-state index contributed by atoms with van der Waals surface area (Å²) >= 11 is 0. The number of phenolic OH excluding ortho intramolecular Hbond substituents is 3. The van der Waals surface area contributed by atoms with Crippen LogP contribution in [0.2, 0.25) is 0 Å². The van der Waals surface area contributed by atoms with Crippen molar-refractivity contribution >= 4 is 40.2 Å². The molecule has 14 heteroatoms. The lowest BCUT2D eigenvalue weighted by atomic mass is 9.78. The van der Waals surface area contributed by atoms with Gasteiger partial charge in [0.15, 0.2) is 5.75 Å². The molecule has 65 heavy (non-hydrogen) atoms. The first kappa shape index (κ1) is 48.5. The van der Waals surface area contributed by atoms with E-state index in [9.17, 15) is 39.9 Å². The lowest BCUT2D eigenvalue weighted by molar-refractivity contribution is -0.160. The molecule has 14 nitrogen and oxygen atoms in total. The van der Waals surface area contributed by atoms with Gasteiger partial charge in [0.25, 0.3) is 11.7 Å². The van der Waals surface area contributed by atoms with E-state index in [2.05, 4.69) is 9.89 Å². The van der Waals surface area contributed by atoms with E-state index in [4.69, 9.17) is 18.9 Å². The SMILES string of the molecule is CO[C@H]1C=CO[C@@]2(C)Oc3c(C)c(O)c4c(O)c(/c(=C\C=C(\c5ccccc5C)N5CCCC5)c(O)c4c3C2=O)=NC(=O)/C(C)=C\C=C/[C@H](C)[C@H](O)[C@@H](C)[C@@H](O)[C@@H](C)[C@H](OC(C)=O)[C@@H]1C. The molecule has 1 saturated heterocycles. The molecule has 4 heterocycles. The number of esters is 1. The maximum Gasteiger partial charge on any atom is 0.312 e. The summed E-state index contributed by atoms with van der Waals surface area (Å²) in [4.78, 5) is 47.6. The zero-order chi connectivity index (χ0) is 47.7. The average molecular weight is 895 g/mol. The van der Waals surface area contributed by atoms with Crippen LogP contribution >= 0.6 is 0 Å². The molecule has 0 aromatic heterocycles. The van der Waals surface area contributed by atoms with Crippen LogP contribution in [0, 0.1) is 37.5 Å². The number of aliphatic hydroxyl groups is 2. The number of phenols is 3. The molecule has 9 atom stereocenters. The molecular formula is C51H62N2O12. The first-order chi connectivity index (χ1) is 30.7. The van der Waals surface area contributed by atoms with Crippen LogP contribution in [0.25, 0.3) is 22.5 Å². The number of rotatable bonds is 5. The Morgan fingerprint density at radius 1 is 0.908 bits per heavy atom. The summed E-state index contributed by atoms with van der Waals surface area (Å²) in [5, 5.41) is 58.4. The predicted molar refractivity (Wildman–Crippen MR) is 245 cm³/mol. The Morgan fingerprint density at radius 3 is 2.23 bits per heavy atom. The fourth-order valence-corrected chi connectivity index (χ4v) is 9.20. The number of carbonyl (C=O) groups excluding carboxylic acids is 3. The van der Waals surface area contributed by atoms with Crippen LogP contribution in [0.15, 0.2) is 71.5 Å². The standard InChI is InChI=1S/C51H62N2O12/c1-26-16-11-12-19-34(26)36(53-23-13-14-24-53)21-20-35-41-46(59)39-38(45(35)58)40-48(32(7)44(39)57)65-51(9,49(40)60)63-25-22-37(62-10)29(4)47(64-33(8)54)31(6)43(56)30(5)42(55)27(2)17-15-18-28(3)50(61)52-41/h11-12,15-22,25,27,29-31,37,42-43,47,55-59H,13-14,23-24H2,1-10H3/b17-15-,25-22?,28-18-,35-20+,36-21-,52-41?/t27-,29+,30+,31+,37-,42-,43+,47+,51-/m0/s1. The van der Waals surface area contributed by atoms with E-state index in [0.717, 1.165) is 42.8 Å². The highest BCUT2D eigenvalue weighted by Crippen LogP contribution is 2.50. The number of ketones is 1. The number of amides is 1. The van der Waals surface area contributed by atoms with Gasteiger partial charge in [-0.15, -0.1) is 0 Å². The third-order valence-corrected chi connectivity index (χ3v) is 13.2. The van der Waals surface area contributed by atoms with Crippen molar-refractivity contribution in [3.05, 3.63) is 99.3 Å². The molecule has 3 aromatic carbocycles. The zero-order valence-corrected chi connectivity index (χ0v) is 38.8. The fourth-order valence-electron chi connectivity index (χ4n) is 9.20. The Hall–Kier alpha value is -5.96. The van der Waals surface area contributed by atoms with Crippen molar-refractivity contribution in [3.63, 3.8) is 0 Å². The number of allylic oxidation sites excluding steroid dienone is 3. The van der Waals surface area contributed by atoms with Crippen LogP contribution in [0.4, 0.5) is 0 Å². The summed E-state index contributed by atoms with van der Waals surface area (Å²) < 4.78 is 23.8. The number of benzene rings is 3. The van der Waals surface area contributed by atoms with Crippen LogP contribution in [-0.2, 0) is 23.8 Å². The van der Waals surface area contributed by atoms with Gasteiger partial charge in [0.1, 0.15) is 28.7 Å². The first-order valence-corrected chi connectivity index (χ1v) is 22.1. The van der Waals surface area contributed by atoms with Crippen molar-refractivity contribution in [2.24, 2.45) is 28.7 Å². The van der Waals surface area contributed by atoms with Gasteiger partial charge in [-0.1, -0.05) is 70.2 Å². The van der Waals surface area contributed by atoms with Crippen LogP contribution in [-0.4, -0.2) is 98.5 Å². The smallest absolute Gasteiger partial charge is 0.312 e. The number of methoxy groups -OCH3 is 1. The molecule has 0 spiro atoms. The quantitative estimate of drug-likeness (QED) is 0.143. The Bertz CT molecular complexity index is 2610. The molecular weight excluding hydrogens is 833 g/mol. The molecule has 0 aliphatic carbocycles. The number of likely N-dealkylation sites (tertiary alicyclic amines) is 1. The normalized spacial score (nSPS) is 29.7. The molecule has 1 amide bonds. The Morgan fingerprint density at radius 2 is 1.58 bits per heavy atom. The molecule has 4 aliphatic heterocycles. The van der Waals surface area contributed by atoms with Gasteiger partial charge in [-0.2, -0.15) is 0 Å². The number of fused-ring (bicyclic) bond motifs is 14. The van der Waals surface area contributed by atoms with Gasteiger partial charge < -0.3 is 49.4 Å². The highest BCUT2D eigenvalue weighted by Gasteiger charge is 2.49. The number of carbonyl (C=O) groups is 3. The molecule has 0 saturated carbocycles. The second-order valence-electron chi connectivity index (χ2n) is 17.8. The molecule has 4 aliphatic rings. The first-order valence-electron chi connectivity index (χ1n) is 22.1. The molecule has 5 bridgehead atoms. The van der Waals surface area contributed by atoms with Gasteiger partial charge in [-0.05, 0) is 57.4 Å². The monoisotopic (exact) mass is 894 g/mol. The third-order valence-electron chi connectivity index (χ3n) is 13.2. The lowest BCUT2D eigenvalue weighted by Crippen LogP contribution is -2.46. The summed E-state index contributed by atoms with van der Waals surface area (Å²) in [5.74, 6) is -8.54. The summed E-state index contributed by atoms with van der Waals surface area (Å²) in [6, 6.07) is 7.85. The molecule has 348 valence electrons. The van der Waals surface area contributed by atoms with E-state index in [1.54, 1.807) is 52.0 Å². The van der Waals surface area contributed by atoms with Crippen molar-refractivity contribution in [2.45, 2.75) is 105 Å². The Balaban J connectivity index is 1.63. The van der Waals surface area contributed by atoms with Crippen molar-refractivity contribution in [3.8, 4) is 23.0 Å². The van der Waals surface area contributed by atoms with E-state index >= 15 is 0 Å². The van der Waals surface area contributed by atoms with Crippen molar-refractivity contribution in [1.29, 1.82) is 0 Å². The Labute approximate surface area is 379 Å². The number of hydrogen-bond donors (Lipinski definition) is 5. The third kappa shape index (κ3) is 9.43. The second-order valence-corrected chi connectivity index (χ2v) is 17.8. The highest BCUT2D eigenvalue weighted by atomic mass is 16.7. The lowest BCUT2D eigenvalue weighted by Gasteiger charge is -2.38. The van der Waals surface area contributed by atoms with Gasteiger partial charge in [0.05, 0.1) is 35.5 Å². The van der Waals surface area contributed by atoms with Gasteiger partial charge in [-0.25, -0.2) is 4.99 Å². The van der Waals surface area contributed by atoms with E-state index < -0.39 is 88.8 Å². The summed E-state index contributed by atoms with van der Waals surface area (Å²) in [7, 11) is 1.44. The molecule has 0 unspecified atom stereocenters. The summed E-state index contributed by atoms with van der Waals surface area (Å²) in [5.41, 5.74) is 2.77. The van der Waals surface area contributed by atoms with Crippen LogP contribution in [0.5, 0.6) is 23.0 Å². The van der Waals surface area contributed by atoms with Gasteiger partial charge in [0.2, 0.25) is 0 Å². The number of hydrogen-bond acceptors (Lipinski definition) is 13. The van der Waals surface area contributed by atoms with Gasteiger partial charge in [0, 0.05) is 90.7 Å². The van der Waals surface area contributed by atoms with Crippen molar-refractivity contribution in [1.82, 2.24) is 4.90 Å². The summed E-state index contributed by atoms with van der Waals surface area (Å²) in [6.45, 7) is 16.1. The van der Waals surface area contributed by atoms with Gasteiger partial charge >= 0.3 is 11.8 Å². The number of aryl methyl sites for hydroxylation is 1. The van der Waals surface area contributed by atoms with Crippen LogP contribution < -0.4 is 15.3 Å². The zero-order valence-electron chi connectivity index (χ0n) is 38.8. The molecule has 1 fully saturated rings. The van der Waals surface area contributed by atoms with E-state index in [1.807, 2.05) is 31.2 Å². The molecule has 0 radical (unpaired) electrons. The minimum atomic E-state index is -2.06. The maximum absolute atomic E-state index is 14.7. The van der Waals surface area contributed by atoms with E-state index in [-0.39, 0.29) is 43.8 Å². The fraction of sp³-hybridized carbons (Fsp3) is 0.451. The number of ether oxygens (including phenoxy) is 4. The van der Waals surface area contributed by atoms with Crippen molar-refractivity contribution < 1.29 is 58.9 Å². The van der Waals surface area contributed by atoms with Gasteiger partial charge in [-0.3, -0.25) is 14.4 Å². The van der Waals surface area contributed by atoms with E-state index in [0.29, 0.717) is 0 Å². The minimum Gasteiger partial charge on any atom is -0.507 e. The minimum absolute atomic E-state index is 0.0501. The second kappa shape index (κ2) is 19.6. The molecule has 3 aromatic rings.